The number of piperazine rings is 1. The van der Waals surface area contributed by atoms with Gasteiger partial charge in [-0.1, -0.05) is 6.42 Å². The predicted octanol–water partition coefficient (Wildman–Crippen LogP) is 0.293. The number of nitrogens with one attached hydrogen (secondary N) is 1. The van der Waals surface area contributed by atoms with Gasteiger partial charge in [0.05, 0.1) is 0 Å². The molecule has 2 aliphatic rings. The zero-order chi connectivity index (χ0) is 11.4. The van der Waals surface area contributed by atoms with Gasteiger partial charge in [0.25, 0.3) is 0 Å². The average Bonchev–Trinajstić information content (AvgIpc) is 2.22. The van der Waals surface area contributed by atoms with E-state index in [4.69, 9.17) is 0 Å². The fraction of sp³-hybridized carbons (Fsp3) is 0.917. The summed E-state index contributed by atoms with van der Waals surface area (Å²) >= 11 is 0. The molecule has 0 aromatic heterocycles. The van der Waals surface area contributed by atoms with Crippen LogP contribution in [0.3, 0.4) is 0 Å². The van der Waals surface area contributed by atoms with Crippen LogP contribution < -0.4 is 5.32 Å². The Labute approximate surface area is 98.0 Å². The summed E-state index contributed by atoms with van der Waals surface area (Å²) in [4.78, 5) is 15.5. The first-order chi connectivity index (χ1) is 7.75. The molecule has 1 N–H and O–H groups in total. The lowest BCUT2D eigenvalue weighted by molar-refractivity contribution is -0.130. The number of amides is 1. The minimum Gasteiger partial charge on any atom is -0.340 e. The van der Waals surface area contributed by atoms with Crippen LogP contribution in [-0.2, 0) is 4.79 Å². The average molecular weight is 225 g/mol. The van der Waals surface area contributed by atoms with E-state index >= 15 is 0 Å². The molecule has 1 saturated heterocycles. The highest BCUT2D eigenvalue weighted by Crippen LogP contribution is 2.17. The molecule has 2 rings (SSSR count). The molecule has 0 aromatic carbocycles. The molecule has 0 atom stereocenters. The molecule has 1 aliphatic carbocycles. The molecule has 1 saturated carbocycles. The zero-order valence-electron chi connectivity index (χ0n) is 10.2. The van der Waals surface area contributed by atoms with Crippen LogP contribution in [0.2, 0.25) is 0 Å². The summed E-state index contributed by atoms with van der Waals surface area (Å²) in [6.45, 7) is 7.76. The van der Waals surface area contributed by atoms with Crippen LogP contribution in [0, 0.1) is 0 Å². The normalized spacial score (nSPS) is 23.2. The van der Waals surface area contributed by atoms with Gasteiger partial charge in [-0.2, -0.15) is 0 Å². The van der Waals surface area contributed by atoms with E-state index < -0.39 is 0 Å². The van der Waals surface area contributed by atoms with E-state index in [1.165, 1.54) is 19.3 Å². The Kier molecular flexibility index (Phi) is 4.18. The molecule has 92 valence electrons. The molecule has 4 nitrogen and oxygen atoms in total. The van der Waals surface area contributed by atoms with Crippen molar-refractivity contribution < 1.29 is 4.79 Å². The fourth-order valence-corrected chi connectivity index (χ4v) is 2.33. The number of nitrogens with zero attached hydrogens (tertiary/aromatic N) is 2. The van der Waals surface area contributed by atoms with Crippen LogP contribution in [0.1, 0.15) is 26.2 Å². The molecule has 1 aliphatic heterocycles. The van der Waals surface area contributed by atoms with Crippen molar-refractivity contribution in [1.29, 1.82) is 0 Å². The lowest BCUT2D eigenvalue weighted by atomic mass is 9.93. The summed E-state index contributed by atoms with van der Waals surface area (Å²) < 4.78 is 0. The maximum absolute atomic E-state index is 11.2. The van der Waals surface area contributed by atoms with Gasteiger partial charge in [0.1, 0.15) is 0 Å². The third kappa shape index (κ3) is 3.19. The van der Waals surface area contributed by atoms with Crippen molar-refractivity contribution in [2.24, 2.45) is 0 Å². The van der Waals surface area contributed by atoms with Gasteiger partial charge in [0.2, 0.25) is 5.91 Å². The second-order valence-electron chi connectivity index (χ2n) is 4.93. The second kappa shape index (κ2) is 5.64. The minimum atomic E-state index is 0.215. The summed E-state index contributed by atoms with van der Waals surface area (Å²) in [7, 11) is 0. The lowest BCUT2D eigenvalue weighted by Crippen LogP contribution is -2.50. The standard InChI is InChI=1S/C12H23N3O/c1-11(16)15-9-7-14(8-10-15)6-5-13-12-3-2-4-12/h12-13H,2-10H2,1H3. The Bertz CT molecular complexity index is 232. The molecule has 0 radical (unpaired) electrons. The van der Waals surface area contributed by atoms with Crippen LogP contribution in [0.15, 0.2) is 0 Å². The number of carbonyl (C=O) groups excluding carboxylic acids is 1. The van der Waals surface area contributed by atoms with Gasteiger partial charge in [-0.3, -0.25) is 9.69 Å². The molecular formula is C12H23N3O. The van der Waals surface area contributed by atoms with E-state index in [0.717, 1.165) is 45.3 Å². The van der Waals surface area contributed by atoms with Crippen molar-refractivity contribution in [3.63, 3.8) is 0 Å². The Morgan fingerprint density at radius 1 is 1.25 bits per heavy atom. The van der Waals surface area contributed by atoms with E-state index in [1.807, 2.05) is 4.90 Å². The summed E-state index contributed by atoms with van der Waals surface area (Å²) in [6.07, 6.45) is 4.12. The van der Waals surface area contributed by atoms with E-state index in [1.54, 1.807) is 6.92 Å². The summed E-state index contributed by atoms with van der Waals surface area (Å²) in [5, 5.41) is 3.58. The van der Waals surface area contributed by atoms with Crippen molar-refractivity contribution in [2.75, 3.05) is 39.3 Å². The summed E-state index contributed by atoms with van der Waals surface area (Å²) in [5.74, 6) is 0.215. The minimum absolute atomic E-state index is 0.215. The first-order valence-corrected chi connectivity index (χ1v) is 6.47. The summed E-state index contributed by atoms with van der Waals surface area (Å²) in [5.41, 5.74) is 0. The van der Waals surface area contributed by atoms with E-state index in [0.29, 0.717) is 0 Å². The van der Waals surface area contributed by atoms with E-state index in [2.05, 4.69) is 10.2 Å². The Morgan fingerprint density at radius 3 is 2.44 bits per heavy atom. The van der Waals surface area contributed by atoms with Crippen LogP contribution >= 0.6 is 0 Å². The molecule has 0 aromatic rings. The molecule has 16 heavy (non-hydrogen) atoms. The second-order valence-corrected chi connectivity index (χ2v) is 4.93. The molecule has 0 bridgehead atoms. The Balaban J connectivity index is 1.56. The van der Waals surface area contributed by atoms with Crippen LogP contribution in [0.25, 0.3) is 0 Å². The quantitative estimate of drug-likeness (QED) is 0.747. The number of carbonyl (C=O) groups is 1. The molecule has 0 unspecified atom stereocenters. The van der Waals surface area contributed by atoms with Gasteiger partial charge < -0.3 is 10.2 Å². The van der Waals surface area contributed by atoms with Crippen molar-refractivity contribution in [2.45, 2.75) is 32.2 Å². The Hall–Kier alpha value is -0.610. The maximum Gasteiger partial charge on any atom is 0.219 e. The van der Waals surface area contributed by atoms with Crippen LogP contribution in [-0.4, -0.2) is 61.0 Å². The molecule has 1 amide bonds. The molecular weight excluding hydrogens is 202 g/mol. The van der Waals surface area contributed by atoms with Gasteiger partial charge in [-0.05, 0) is 12.8 Å². The van der Waals surface area contributed by atoms with Gasteiger partial charge in [0.15, 0.2) is 0 Å². The Morgan fingerprint density at radius 2 is 1.94 bits per heavy atom. The highest BCUT2D eigenvalue weighted by molar-refractivity contribution is 5.73. The molecule has 4 heteroatoms. The highest BCUT2D eigenvalue weighted by Gasteiger charge is 2.19. The van der Waals surface area contributed by atoms with Crippen molar-refractivity contribution in [3.05, 3.63) is 0 Å². The van der Waals surface area contributed by atoms with Crippen LogP contribution in [0.4, 0.5) is 0 Å². The molecule has 1 heterocycles. The third-order valence-electron chi connectivity index (χ3n) is 3.78. The van der Waals surface area contributed by atoms with Crippen molar-refractivity contribution in [3.8, 4) is 0 Å². The molecule has 2 fully saturated rings. The topological polar surface area (TPSA) is 35.6 Å². The van der Waals surface area contributed by atoms with Crippen LogP contribution in [0.5, 0.6) is 0 Å². The van der Waals surface area contributed by atoms with E-state index in [-0.39, 0.29) is 5.91 Å². The smallest absolute Gasteiger partial charge is 0.219 e. The zero-order valence-corrected chi connectivity index (χ0v) is 10.2. The van der Waals surface area contributed by atoms with Gasteiger partial charge in [-0.25, -0.2) is 0 Å². The first-order valence-electron chi connectivity index (χ1n) is 6.47. The first kappa shape index (κ1) is 11.9. The molecule has 0 spiro atoms. The number of rotatable bonds is 4. The monoisotopic (exact) mass is 225 g/mol. The van der Waals surface area contributed by atoms with Crippen molar-refractivity contribution >= 4 is 5.91 Å². The maximum atomic E-state index is 11.2. The fourth-order valence-electron chi connectivity index (χ4n) is 2.33. The van der Waals surface area contributed by atoms with Gasteiger partial charge in [0, 0.05) is 52.2 Å². The SMILES string of the molecule is CC(=O)N1CCN(CCNC2CCC2)CC1. The highest BCUT2D eigenvalue weighted by atomic mass is 16.2. The van der Waals surface area contributed by atoms with Crippen molar-refractivity contribution in [1.82, 2.24) is 15.1 Å². The third-order valence-corrected chi connectivity index (χ3v) is 3.78. The lowest BCUT2D eigenvalue weighted by Gasteiger charge is -2.35. The van der Waals surface area contributed by atoms with Gasteiger partial charge >= 0.3 is 0 Å². The van der Waals surface area contributed by atoms with Gasteiger partial charge in [-0.15, -0.1) is 0 Å². The number of hydrogen-bond acceptors (Lipinski definition) is 3. The van der Waals surface area contributed by atoms with E-state index in [9.17, 15) is 4.79 Å². The number of hydrogen-bond donors (Lipinski definition) is 1. The largest absolute Gasteiger partial charge is 0.340 e. The summed E-state index contributed by atoms with van der Waals surface area (Å²) in [6, 6.07) is 0.790. The predicted molar refractivity (Wildman–Crippen MR) is 64.3 cm³/mol.